The number of thioether (sulfide) groups is 1. The molecular formula is C18H20N4O5S2. The van der Waals surface area contributed by atoms with E-state index in [1.54, 1.807) is 13.3 Å². The average molecular weight is 437 g/mol. The number of hydrogen-bond acceptors (Lipinski definition) is 7. The quantitative estimate of drug-likeness (QED) is 0.243. The van der Waals surface area contributed by atoms with E-state index in [4.69, 9.17) is 0 Å². The molecule has 4 heterocycles. The van der Waals surface area contributed by atoms with Gasteiger partial charge in [-0.25, -0.2) is 9.78 Å². The number of amides is 2. The number of nitrogens with one attached hydrogen (secondary N) is 1. The summed E-state index contributed by atoms with van der Waals surface area (Å²) in [7, 11) is 0. The summed E-state index contributed by atoms with van der Waals surface area (Å²) >= 11 is 2.93. The van der Waals surface area contributed by atoms with Gasteiger partial charge in [0.15, 0.2) is 0 Å². The molecule has 0 unspecified atom stereocenters. The monoisotopic (exact) mass is 436 g/mol. The zero-order chi connectivity index (χ0) is 20.9. The number of nitrogens with zero attached hydrogens (tertiary/aromatic N) is 3. The standard InChI is InChI=1S/C18H20N4O5S2/c1-8-11(14(18(26)27)22-13(8)12(9(2)24)16(22)25)10-5-21-6-20-15(17(21)29-10)28-4-3-19-7-23/h5-9,12-13,24H,3-4H2,1-2H3,(H,19,23)(H,26,27)/t8-,9+,12+,13+/m0/s1. The predicted octanol–water partition coefficient (Wildman–Crippen LogP) is 0.887. The second-order valence-electron chi connectivity index (χ2n) is 7.10. The molecule has 2 aromatic heterocycles. The van der Waals surface area contributed by atoms with Crippen LogP contribution >= 0.6 is 23.1 Å². The lowest BCUT2D eigenvalue weighted by molar-refractivity contribution is -0.163. The highest BCUT2D eigenvalue weighted by atomic mass is 32.2. The Morgan fingerprint density at radius 3 is 2.93 bits per heavy atom. The molecule has 4 rings (SSSR count). The molecule has 0 aliphatic carbocycles. The number of fused-ring (bicyclic) bond motifs is 2. The van der Waals surface area contributed by atoms with E-state index in [2.05, 4.69) is 10.3 Å². The first kappa shape index (κ1) is 19.9. The number of carbonyl (C=O) groups is 3. The summed E-state index contributed by atoms with van der Waals surface area (Å²) in [6, 6.07) is -0.341. The van der Waals surface area contributed by atoms with Crippen LogP contribution in [-0.2, 0) is 14.4 Å². The molecule has 0 radical (unpaired) electrons. The summed E-state index contributed by atoms with van der Waals surface area (Å²) in [5.74, 6) is -1.60. The third-order valence-electron chi connectivity index (χ3n) is 5.39. The van der Waals surface area contributed by atoms with Crippen LogP contribution in [0.25, 0.3) is 10.4 Å². The Balaban J connectivity index is 1.69. The molecular weight excluding hydrogens is 416 g/mol. The highest BCUT2D eigenvalue weighted by Crippen LogP contribution is 2.51. The van der Waals surface area contributed by atoms with Crippen molar-refractivity contribution in [1.82, 2.24) is 19.6 Å². The van der Waals surface area contributed by atoms with Crippen LogP contribution in [0.4, 0.5) is 0 Å². The maximum Gasteiger partial charge on any atom is 0.352 e. The number of aromatic nitrogens is 2. The molecule has 1 fully saturated rings. The summed E-state index contributed by atoms with van der Waals surface area (Å²) in [6.45, 7) is 3.99. The molecule has 2 aliphatic rings. The Hall–Kier alpha value is -2.37. The normalized spacial score (nSPS) is 24.6. The van der Waals surface area contributed by atoms with E-state index in [0.29, 0.717) is 24.3 Å². The molecule has 2 aliphatic heterocycles. The number of thiazole rings is 1. The van der Waals surface area contributed by atoms with E-state index in [0.717, 1.165) is 14.7 Å². The average Bonchev–Trinajstić information content (AvgIpc) is 3.29. The molecule has 0 saturated carbocycles. The van der Waals surface area contributed by atoms with Gasteiger partial charge in [0.2, 0.25) is 12.3 Å². The number of rotatable bonds is 8. The molecule has 2 amide bonds. The van der Waals surface area contributed by atoms with Gasteiger partial charge >= 0.3 is 5.97 Å². The second kappa shape index (κ2) is 7.47. The number of carbonyl (C=O) groups excluding carboxylic acids is 2. The first-order valence-electron chi connectivity index (χ1n) is 9.12. The second-order valence-corrected chi connectivity index (χ2v) is 9.21. The summed E-state index contributed by atoms with van der Waals surface area (Å²) in [4.78, 5) is 42.2. The molecule has 11 heteroatoms. The third-order valence-corrected chi connectivity index (χ3v) is 7.64. The van der Waals surface area contributed by atoms with Gasteiger partial charge in [0.05, 0.1) is 22.9 Å². The van der Waals surface area contributed by atoms with Gasteiger partial charge in [0.25, 0.3) is 0 Å². The van der Waals surface area contributed by atoms with Gasteiger partial charge in [-0.2, -0.15) is 0 Å². The summed E-state index contributed by atoms with van der Waals surface area (Å²) < 4.78 is 1.85. The van der Waals surface area contributed by atoms with E-state index in [1.165, 1.54) is 28.0 Å². The van der Waals surface area contributed by atoms with Crippen molar-refractivity contribution in [2.45, 2.75) is 31.0 Å². The number of carboxylic acids is 1. The van der Waals surface area contributed by atoms with Crippen molar-refractivity contribution >= 4 is 51.8 Å². The number of aliphatic hydroxyl groups excluding tert-OH is 1. The Morgan fingerprint density at radius 2 is 2.28 bits per heavy atom. The third kappa shape index (κ3) is 3.04. The maximum absolute atomic E-state index is 12.5. The van der Waals surface area contributed by atoms with Crippen LogP contribution in [0.3, 0.4) is 0 Å². The highest BCUT2D eigenvalue weighted by molar-refractivity contribution is 7.99. The topological polar surface area (TPSA) is 124 Å². The summed E-state index contributed by atoms with van der Waals surface area (Å²) in [5, 5.41) is 23.2. The Bertz CT molecular complexity index is 1030. The lowest BCUT2D eigenvalue weighted by Gasteiger charge is -2.46. The lowest BCUT2D eigenvalue weighted by Crippen LogP contribution is -2.63. The SMILES string of the molecule is C[C@@H](O)[C@H]1C(=O)N2C(C(=O)O)=C(c3cn4cnc(SCCNC=O)c4s3)[C@H](C)[C@H]12. The number of aliphatic hydroxyl groups is 1. The fourth-order valence-electron chi connectivity index (χ4n) is 4.16. The summed E-state index contributed by atoms with van der Waals surface area (Å²) in [5.41, 5.74) is 0.623. The van der Waals surface area contributed by atoms with Crippen LogP contribution < -0.4 is 5.32 Å². The zero-order valence-electron chi connectivity index (χ0n) is 15.7. The predicted molar refractivity (Wildman–Crippen MR) is 107 cm³/mol. The molecule has 4 atom stereocenters. The van der Waals surface area contributed by atoms with Crippen LogP contribution in [0.2, 0.25) is 0 Å². The fourth-order valence-corrected chi connectivity index (χ4v) is 6.34. The molecule has 0 aromatic carbocycles. The van der Waals surface area contributed by atoms with Gasteiger partial charge in [0.1, 0.15) is 21.9 Å². The zero-order valence-corrected chi connectivity index (χ0v) is 17.4. The van der Waals surface area contributed by atoms with Crippen molar-refractivity contribution in [3.8, 4) is 0 Å². The van der Waals surface area contributed by atoms with Gasteiger partial charge in [-0.1, -0.05) is 6.92 Å². The van der Waals surface area contributed by atoms with E-state index in [9.17, 15) is 24.6 Å². The van der Waals surface area contributed by atoms with Crippen LogP contribution in [0.15, 0.2) is 23.2 Å². The minimum atomic E-state index is -1.14. The van der Waals surface area contributed by atoms with Crippen molar-refractivity contribution < 1.29 is 24.6 Å². The Kier molecular flexibility index (Phi) is 5.13. The van der Waals surface area contributed by atoms with Crippen LogP contribution in [-0.4, -0.2) is 67.2 Å². The van der Waals surface area contributed by atoms with Crippen LogP contribution in [0, 0.1) is 11.8 Å². The number of imidazole rings is 1. The van der Waals surface area contributed by atoms with Crippen molar-refractivity contribution in [3.05, 3.63) is 23.1 Å². The van der Waals surface area contributed by atoms with E-state index < -0.39 is 18.0 Å². The minimum Gasteiger partial charge on any atom is -0.477 e. The van der Waals surface area contributed by atoms with Gasteiger partial charge in [0, 0.05) is 30.0 Å². The van der Waals surface area contributed by atoms with Gasteiger partial charge in [-0.3, -0.25) is 14.0 Å². The Labute approximate surface area is 174 Å². The molecule has 2 aromatic rings. The van der Waals surface area contributed by atoms with Gasteiger partial charge < -0.3 is 20.4 Å². The molecule has 0 spiro atoms. The molecule has 154 valence electrons. The largest absolute Gasteiger partial charge is 0.477 e. The lowest BCUT2D eigenvalue weighted by atomic mass is 9.77. The van der Waals surface area contributed by atoms with Crippen molar-refractivity contribution in [2.75, 3.05) is 12.3 Å². The first-order valence-corrected chi connectivity index (χ1v) is 10.9. The molecule has 9 nitrogen and oxygen atoms in total. The van der Waals surface area contributed by atoms with Crippen LogP contribution in [0.5, 0.6) is 0 Å². The molecule has 29 heavy (non-hydrogen) atoms. The first-order chi connectivity index (χ1) is 13.9. The number of carboxylic acid groups (broad SMARTS) is 1. The van der Waals surface area contributed by atoms with Crippen molar-refractivity contribution in [3.63, 3.8) is 0 Å². The van der Waals surface area contributed by atoms with E-state index in [-0.39, 0.29) is 23.6 Å². The molecule has 1 saturated heterocycles. The molecule has 3 N–H and O–H groups in total. The maximum atomic E-state index is 12.5. The fraction of sp³-hybridized carbons (Fsp3) is 0.444. The number of hydrogen-bond donors (Lipinski definition) is 3. The van der Waals surface area contributed by atoms with Gasteiger partial charge in [-0.15, -0.1) is 23.1 Å². The summed E-state index contributed by atoms with van der Waals surface area (Å²) in [6.07, 6.45) is 3.33. The van der Waals surface area contributed by atoms with Crippen molar-refractivity contribution in [2.24, 2.45) is 11.8 Å². The van der Waals surface area contributed by atoms with Gasteiger partial charge in [-0.05, 0) is 6.92 Å². The van der Waals surface area contributed by atoms with E-state index in [1.807, 2.05) is 17.5 Å². The van der Waals surface area contributed by atoms with E-state index >= 15 is 0 Å². The highest BCUT2D eigenvalue weighted by Gasteiger charge is 2.60. The minimum absolute atomic E-state index is 0.00579. The van der Waals surface area contributed by atoms with Crippen LogP contribution in [0.1, 0.15) is 18.7 Å². The number of β-lactam (4-membered cyclic amide) rings is 1. The Morgan fingerprint density at radius 1 is 1.52 bits per heavy atom. The number of aliphatic carboxylic acids is 1. The van der Waals surface area contributed by atoms with Crippen molar-refractivity contribution in [1.29, 1.82) is 0 Å². The molecule has 0 bridgehead atoms. The smallest absolute Gasteiger partial charge is 0.352 e.